The highest BCUT2D eigenvalue weighted by Gasteiger charge is 1.98. The maximum Gasteiger partial charge on any atom is 0.0377 e. The summed E-state index contributed by atoms with van der Waals surface area (Å²) in [5.41, 5.74) is 1.25. The summed E-state index contributed by atoms with van der Waals surface area (Å²) in [6.07, 6.45) is 21.8. The first-order chi connectivity index (χ1) is 9.47. The molecule has 0 aromatic heterocycles. The minimum Gasteiger partial charge on any atom is -0.219 e. The van der Waals surface area contributed by atoms with Crippen LogP contribution >= 0.6 is 11.9 Å². The molecule has 0 atom stereocenters. The standard InChI is InChI=1S/C9H7NS.C8H8/c1-2-6-9-8(4-1)5-3-7-10-11-9;1-2-4-6-8-7-5-3-1/h1-7H;1-8H. The third kappa shape index (κ3) is 4.98. The molecule has 2 aliphatic rings. The molecule has 1 aliphatic heterocycles. The fourth-order valence-electron chi connectivity index (χ4n) is 1.48. The maximum absolute atomic E-state index is 4.12. The van der Waals surface area contributed by atoms with E-state index in [0.29, 0.717) is 0 Å². The minimum absolute atomic E-state index is 1.22. The molecule has 19 heavy (non-hydrogen) atoms. The van der Waals surface area contributed by atoms with Crippen molar-refractivity contribution >= 4 is 24.2 Å². The number of benzene rings is 1. The topological polar surface area (TPSA) is 12.4 Å². The third-order valence-electron chi connectivity index (χ3n) is 2.38. The van der Waals surface area contributed by atoms with Crippen LogP contribution in [0, 0.1) is 0 Å². The van der Waals surface area contributed by atoms with Crippen LogP contribution < -0.4 is 0 Å². The van der Waals surface area contributed by atoms with Crippen molar-refractivity contribution in [3.63, 3.8) is 0 Å². The van der Waals surface area contributed by atoms with Crippen molar-refractivity contribution in [1.29, 1.82) is 0 Å². The molecule has 1 heterocycles. The van der Waals surface area contributed by atoms with Crippen molar-refractivity contribution in [3.05, 3.63) is 84.5 Å². The number of hydrogen-bond acceptors (Lipinski definition) is 2. The Kier molecular flexibility index (Phi) is 5.71. The van der Waals surface area contributed by atoms with Gasteiger partial charge in [-0.3, -0.25) is 0 Å². The van der Waals surface area contributed by atoms with Crippen LogP contribution in [0.2, 0.25) is 0 Å². The molecule has 0 radical (unpaired) electrons. The van der Waals surface area contributed by atoms with E-state index in [-0.39, 0.29) is 0 Å². The van der Waals surface area contributed by atoms with E-state index in [0.717, 1.165) is 0 Å². The van der Waals surface area contributed by atoms with Gasteiger partial charge in [-0.2, -0.15) is 0 Å². The Bertz CT molecular complexity index is 519. The second-order valence-corrected chi connectivity index (χ2v) is 4.62. The van der Waals surface area contributed by atoms with Crippen molar-refractivity contribution < 1.29 is 0 Å². The average Bonchev–Trinajstić information content (AvgIpc) is 2.63. The number of hydrogen-bond donors (Lipinski definition) is 0. The van der Waals surface area contributed by atoms with Gasteiger partial charge in [-0.15, -0.1) is 0 Å². The molecule has 0 N–H and O–H groups in total. The van der Waals surface area contributed by atoms with Gasteiger partial charge in [-0.1, -0.05) is 72.9 Å². The smallest absolute Gasteiger partial charge is 0.0377 e. The van der Waals surface area contributed by atoms with Crippen LogP contribution in [0.3, 0.4) is 0 Å². The van der Waals surface area contributed by atoms with E-state index in [1.165, 1.54) is 22.4 Å². The lowest BCUT2D eigenvalue weighted by molar-refractivity contribution is 1.43. The second kappa shape index (κ2) is 8.11. The van der Waals surface area contributed by atoms with Crippen LogP contribution in [0.5, 0.6) is 0 Å². The van der Waals surface area contributed by atoms with Gasteiger partial charge in [-0.05, 0) is 17.7 Å². The van der Waals surface area contributed by atoms with Crippen molar-refractivity contribution in [2.75, 3.05) is 0 Å². The highest BCUT2D eigenvalue weighted by molar-refractivity contribution is 7.98. The maximum atomic E-state index is 4.12. The molecule has 94 valence electrons. The van der Waals surface area contributed by atoms with Gasteiger partial charge >= 0.3 is 0 Å². The molecule has 0 saturated heterocycles. The molecule has 3 rings (SSSR count). The zero-order chi connectivity index (χ0) is 13.2. The Hall–Kier alpha value is -2.06. The molecule has 1 nitrogen and oxygen atoms in total. The van der Waals surface area contributed by atoms with E-state index >= 15 is 0 Å². The van der Waals surface area contributed by atoms with Gasteiger partial charge in [0.25, 0.3) is 0 Å². The van der Waals surface area contributed by atoms with Crippen molar-refractivity contribution in [2.45, 2.75) is 4.90 Å². The van der Waals surface area contributed by atoms with Crippen LogP contribution in [0.15, 0.2) is 88.2 Å². The van der Waals surface area contributed by atoms with Gasteiger partial charge in [0.05, 0.1) is 0 Å². The summed E-state index contributed by atoms with van der Waals surface area (Å²) in [7, 11) is 0. The van der Waals surface area contributed by atoms with E-state index < -0.39 is 0 Å². The molecule has 1 aliphatic carbocycles. The van der Waals surface area contributed by atoms with E-state index in [2.05, 4.69) is 22.6 Å². The van der Waals surface area contributed by atoms with E-state index in [1.54, 1.807) is 0 Å². The Morgan fingerprint density at radius 2 is 1.26 bits per heavy atom. The van der Waals surface area contributed by atoms with Crippen molar-refractivity contribution in [3.8, 4) is 0 Å². The predicted molar refractivity (Wildman–Crippen MR) is 86.4 cm³/mol. The summed E-state index contributed by atoms with van der Waals surface area (Å²) in [6.45, 7) is 0. The Morgan fingerprint density at radius 1 is 0.684 bits per heavy atom. The highest BCUT2D eigenvalue weighted by atomic mass is 32.2. The van der Waals surface area contributed by atoms with Crippen molar-refractivity contribution in [1.82, 2.24) is 0 Å². The van der Waals surface area contributed by atoms with Gasteiger partial charge in [0, 0.05) is 23.1 Å². The van der Waals surface area contributed by atoms with E-state index in [9.17, 15) is 0 Å². The van der Waals surface area contributed by atoms with Crippen LogP contribution in [-0.2, 0) is 0 Å². The molecule has 0 amide bonds. The summed E-state index contributed by atoms with van der Waals surface area (Å²) in [4.78, 5) is 1.22. The monoisotopic (exact) mass is 265 g/mol. The fraction of sp³-hybridized carbons (Fsp3) is 0. The van der Waals surface area contributed by atoms with Crippen LogP contribution in [-0.4, -0.2) is 6.21 Å². The minimum atomic E-state index is 1.22. The van der Waals surface area contributed by atoms with Gasteiger partial charge in [0.2, 0.25) is 0 Å². The quantitative estimate of drug-likeness (QED) is 0.600. The Morgan fingerprint density at radius 3 is 1.89 bits per heavy atom. The summed E-state index contributed by atoms with van der Waals surface area (Å²) in [5, 5.41) is 0. The van der Waals surface area contributed by atoms with E-state index in [4.69, 9.17) is 0 Å². The molecular formula is C17H15NS. The zero-order valence-corrected chi connectivity index (χ0v) is 11.3. The third-order valence-corrected chi connectivity index (χ3v) is 3.18. The molecular weight excluding hydrogens is 250 g/mol. The molecule has 0 bridgehead atoms. The molecule has 1 aromatic rings. The lowest BCUT2D eigenvalue weighted by Gasteiger charge is -1.97. The predicted octanol–water partition coefficient (Wildman–Crippen LogP) is 5.02. The molecule has 0 saturated carbocycles. The SMILES string of the molecule is C1=CC=CC=CC=C1.C1=Cc2ccccc2SN=C1. The lowest BCUT2D eigenvalue weighted by atomic mass is 10.2. The second-order valence-electron chi connectivity index (χ2n) is 3.78. The first-order valence-electron chi connectivity index (χ1n) is 6.09. The van der Waals surface area contributed by atoms with Crippen LogP contribution in [0.4, 0.5) is 0 Å². The molecule has 0 fully saturated rings. The molecule has 0 unspecified atom stereocenters. The number of rotatable bonds is 0. The highest BCUT2D eigenvalue weighted by Crippen LogP contribution is 2.25. The normalized spacial score (nSPS) is 14.9. The Balaban J connectivity index is 0.000000148. The average molecular weight is 265 g/mol. The first-order valence-corrected chi connectivity index (χ1v) is 6.87. The number of fused-ring (bicyclic) bond motifs is 1. The summed E-state index contributed by atoms with van der Waals surface area (Å²) < 4.78 is 4.12. The molecule has 1 aromatic carbocycles. The first kappa shape index (κ1) is 13.4. The summed E-state index contributed by atoms with van der Waals surface area (Å²) >= 11 is 1.52. The van der Waals surface area contributed by atoms with Gasteiger partial charge in [0.1, 0.15) is 0 Å². The van der Waals surface area contributed by atoms with Crippen molar-refractivity contribution in [2.24, 2.45) is 4.40 Å². The zero-order valence-electron chi connectivity index (χ0n) is 10.5. The van der Waals surface area contributed by atoms with Crippen LogP contribution in [0.1, 0.15) is 5.56 Å². The fourth-order valence-corrected chi connectivity index (χ4v) is 2.11. The van der Waals surface area contributed by atoms with Gasteiger partial charge < -0.3 is 0 Å². The van der Waals surface area contributed by atoms with Crippen LogP contribution in [0.25, 0.3) is 6.08 Å². The van der Waals surface area contributed by atoms with Gasteiger partial charge in [0.15, 0.2) is 0 Å². The van der Waals surface area contributed by atoms with Gasteiger partial charge in [-0.25, -0.2) is 4.40 Å². The Labute approximate surface area is 118 Å². The largest absolute Gasteiger partial charge is 0.219 e. The van der Waals surface area contributed by atoms with E-state index in [1.807, 2.05) is 73.0 Å². The summed E-state index contributed by atoms with van der Waals surface area (Å²) in [5.74, 6) is 0. The molecule has 0 spiro atoms. The summed E-state index contributed by atoms with van der Waals surface area (Å²) in [6, 6.07) is 8.23. The molecule has 2 heteroatoms. The lowest BCUT2D eigenvalue weighted by Crippen LogP contribution is -1.73. The number of nitrogens with zero attached hydrogens (tertiary/aromatic N) is 1. The number of allylic oxidation sites excluding steroid dienone is 9.